The number of nitrogens with two attached hydrogens (primary N) is 1. The van der Waals surface area contributed by atoms with Gasteiger partial charge in [0.05, 0.1) is 0 Å². The van der Waals surface area contributed by atoms with Crippen LogP contribution in [0.15, 0.2) is 30.6 Å². The van der Waals surface area contributed by atoms with Gasteiger partial charge in [0, 0.05) is 34.7 Å². The molecular weight excluding hydrogens is 180 g/mol. The van der Waals surface area contributed by atoms with Gasteiger partial charge in [-0.2, -0.15) is 0 Å². The maximum Gasteiger partial charge on any atom is 0.0351 e. The molecule has 1 aliphatic rings. The van der Waals surface area contributed by atoms with E-state index >= 15 is 0 Å². The predicted octanol–water partition coefficient (Wildman–Crippen LogP) is 1.89. The highest BCUT2D eigenvalue weighted by Crippen LogP contribution is 2.38. The van der Waals surface area contributed by atoms with E-state index in [1.807, 2.05) is 24.0 Å². The maximum absolute atomic E-state index is 5.60. The fraction of sp³-hybridized carbons (Fsp3) is 0.300. The van der Waals surface area contributed by atoms with Gasteiger partial charge >= 0.3 is 0 Å². The molecule has 0 aliphatic carbocycles. The van der Waals surface area contributed by atoms with Crippen molar-refractivity contribution in [2.75, 3.05) is 6.54 Å². The van der Waals surface area contributed by atoms with E-state index < -0.39 is 0 Å². The number of thioether (sulfide) groups is 1. The number of hydrogen-bond acceptors (Lipinski definition) is 3. The van der Waals surface area contributed by atoms with E-state index in [4.69, 9.17) is 5.73 Å². The van der Waals surface area contributed by atoms with Crippen LogP contribution in [0.2, 0.25) is 0 Å². The van der Waals surface area contributed by atoms with Gasteiger partial charge in [0.15, 0.2) is 0 Å². The van der Waals surface area contributed by atoms with Gasteiger partial charge in [0.25, 0.3) is 0 Å². The molecule has 1 aromatic rings. The average molecular weight is 192 g/mol. The summed E-state index contributed by atoms with van der Waals surface area (Å²) in [6, 6.07) is 4.05. The van der Waals surface area contributed by atoms with Crippen LogP contribution < -0.4 is 5.73 Å². The summed E-state index contributed by atoms with van der Waals surface area (Å²) in [6.07, 6.45) is 7.03. The number of rotatable bonds is 2. The second-order valence-corrected chi connectivity index (χ2v) is 4.36. The monoisotopic (exact) mass is 192 g/mol. The van der Waals surface area contributed by atoms with Crippen molar-refractivity contribution in [2.45, 2.75) is 11.7 Å². The molecule has 1 aliphatic heterocycles. The Bertz CT molecular complexity index is 308. The normalized spacial score (nSPS) is 21.6. The molecule has 2 rings (SSSR count). The van der Waals surface area contributed by atoms with E-state index in [2.05, 4.69) is 17.1 Å². The van der Waals surface area contributed by atoms with Crippen LogP contribution >= 0.6 is 11.8 Å². The van der Waals surface area contributed by atoms with Crippen LogP contribution in [0.1, 0.15) is 12.0 Å². The third-order valence-electron chi connectivity index (χ3n) is 2.07. The lowest BCUT2D eigenvalue weighted by Gasteiger charge is -2.05. The zero-order valence-electron chi connectivity index (χ0n) is 7.31. The first-order valence-electron chi connectivity index (χ1n) is 4.37. The predicted molar refractivity (Wildman–Crippen MR) is 57.3 cm³/mol. The molecule has 0 fully saturated rings. The van der Waals surface area contributed by atoms with Crippen molar-refractivity contribution in [3.63, 3.8) is 0 Å². The first-order chi connectivity index (χ1) is 6.40. The lowest BCUT2D eigenvalue weighted by atomic mass is 10.2. The first kappa shape index (κ1) is 8.78. The second-order valence-electron chi connectivity index (χ2n) is 3.02. The number of nitrogens with zero attached hydrogens (tertiary/aromatic N) is 1. The molecule has 3 heteroatoms. The third kappa shape index (κ3) is 1.92. The van der Waals surface area contributed by atoms with Crippen LogP contribution in [0.5, 0.6) is 0 Å². The van der Waals surface area contributed by atoms with Gasteiger partial charge in [0.1, 0.15) is 0 Å². The van der Waals surface area contributed by atoms with Crippen LogP contribution in [0.4, 0.5) is 0 Å². The molecule has 0 saturated heterocycles. The van der Waals surface area contributed by atoms with E-state index in [0.717, 1.165) is 13.0 Å². The Morgan fingerprint density at radius 2 is 2.54 bits per heavy atom. The Morgan fingerprint density at radius 3 is 3.15 bits per heavy atom. The summed E-state index contributed by atoms with van der Waals surface area (Å²) in [5.41, 5.74) is 6.82. The fourth-order valence-electron chi connectivity index (χ4n) is 1.35. The molecule has 2 heterocycles. The Morgan fingerprint density at radius 1 is 1.62 bits per heavy atom. The quantitative estimate of drug-likeness (QED) is 0.777. The summed E-state index contributed by atoms with van der Waals surface area (Å²) < 4.78 is 0. The Hall–Kier alpha value is -0.800. The zero-order chi connectivity index (χ0) is 9.10. The molecule has 68 valence electrons. The molecule has 13 heavy (non-hydrogen) atoms. The van der Waals surface area contributed by atoms with E-state index in [-0.39, 0.29) is 0 Å². The van der Waals surface area contributed by atoms with Crippen LogP contribution in [-0.2, 0) is 0 Å². The molecule has 2 nitrogen and oxygen atoms in total. The molecule has 0 aromatic carbocycles. The molecule has 0 amide bonds. The van der Waals surface area contributed by atoms with Gasteiger partial charge in [-0.25, -0.2) is 0 Å². The van der Waals surface area contributed by atoms with Crippen LogP contribution in [0.25, 0.3) is 4.91 Å². The molecule has 0 bridgehead atoms. The third-order valence-corrected chi connectivity index (χ3v) is 3.44. The van der Waals surface area contributed by atoms with Gasteiger partial charge in [-0.3, -0.25) is 4.98 Å². The molecule has 0 radical (unpaired) electrons. The van der Waals surface area contributed by atoms with Gasteiger partial charge in [-0.15, -0.1) is 11.8 Å². The van der Waals surface area contributed by atoms with Gasteiger partial charge in [0.2, 0.25) is 0 Å². The number of pyridine rings is 1. The topological polar surface area (TPSA) is 38.9 Å². The molecule has 1 aromatic heterocycles. The van der Waals surface area contributed by atoms with Crippen LogP contribution in [0, 0.1) is 0 Å². The van der Waals surface area contributed by atoms with Gasteiger partial charge < -0.3 is 5.73 Å². The molecule has 0 spiro atoms. The van der Waals surface area contributed by atoms with Crippen LogP contribution in [-0.4, -0.2) is 16.8 Å². The van der Waals surface area contributed by atoms with E-state index in [1.165, 1.54) is 10.5 Å². The first-order valence-corrected chi connectivity index (χ1v) is 5.25. The molecule has 1 unspecified atom stereocenters. The average Bonchev–Trinajstić information content (AvgIpc) is 2.67. The summed E-state index contributed by atoms with van der Waals surface area (Å²) >= 11 is 1.86. The minimum Gasteiger partial charge on any atom is -0.329 e. The largest absolute Gasteiger partial charge is 0.329 e. The minimum absolute atomic E-state index is 0.565. The van der Waals surface area contributed by atoms with Crippen molar-refractivity contribution >= 4 is 16.7 Å². The second kappa shape index (κ2) is 3.94. The summed E-state index contributed by atoms with van der Waals surface area (Å²) in [5.74, 6) is 0. The highest BCUT2D eigenvalue weighted by molar-refractivity contribution is 8.09. The lowest BCUT2D eigenvalue weighted by Crippen LogP contribution is -2.13. The summed E-state index contributed by atoms with van der Waals surface area (Å²) in [4.78, 5) is 5.42. The Labute approximate surface area is 82.2 Å². The van der Waals surface area contributed by atoms with E-state index in [9.17, 15) is 0 Å². The van der Waals surface area contributed by atoms with E-state index in [0.29, 0.717) is 5.25 Å². The summed E-state index contributed by atoms with van der Waals surface area (Å²) in [7, 11) is 0. The van der Waals surface area contributed by atoms with E-state index in [1.54, 1.807) is 6.20 Å². The SMILES string of the molecule is NCC1CC=C(c2cccnc2)S1. The lowest BCUT2D eigenvalue weighted by molar-refractivity contribution is 0.890. The van der Waals surface area contributed by atoms with Crippen molar-refractivity contribution in [1.82, 2.24) is 4.98 Å². The molecule has 2 N–H and O–H groups in total. The van der Waals surface area contributed by atoms with Crippen molar-refractivity contribution in [3.05, 3.63) is 36.2 Å². The molecule has 0 saturated carbocycles. The zero-order valence-corrected chi connectivity index (χ0v) is 8.13. The number of aromatic nitrogens is 1. The number of hydrogen-bond donors (Lipinski definition) is 1. The Kier molecular flexibility index (Phi) is 2.66. The van der Waals surface area contributed by atoms with Gasteiger partial charge in [-0.05, 0) is 12.5 Å². The summed E-state index contributed by atoms with van der Waals surface area (Å²) in [5, 5.41) is 0.565. The summed E-state index contributed by atoms with van der Waals surface area (Å²) in [6.45, 7) is 0.755. The van der Waals surface area contributed by atoms with Gasteiger partial charge in [-0.1, -0.05) is 12.1 Å². The van der Waals surface area contributed by atoms with Crippen LogP contribution in [0.3, 0.4) is 0 Å². The maximum atomic E-state index is 5.60. The van der Waals surface area contributed by atoms with Crippen molar-refractivity contribution in [2.24, 2.45) is 5.73 Å². The molecular formula is C10H12N2S. The highest BCUT2D eigenvalue weighted by Gasteiger charge is 2.16. The number of allylic oxidation sites excluding steroid dienone is 1. The molecule has 1 atom stereocenters. The van der Waals surface area contributed by atoms with Crippen molar-refractivity contribution in [1.29, 1.82) is 0 Å². The Balaban J connectivity index is 2.12. The highest BCUT2D eigenvalue weighted by atomic mass is 32.2. The van der Waals surface area contributed by atoms with Crippen molar-refractivity contribution < 1.29 is 0 Å². The van der Waals surface area contributed by atoms with Crippen molar-refractivity contribution in [3.8, 4) is 0 Å². The smallest absolute Gasteiger partial charge is 0.0351 e. The fourth-order valence-corrected chi connectivity index (χ4v) is 2.45. The standard InChI is InChI=1S/C10H12N2S/c11-6-9-3-4-10(13-9)8-2-1-5-12-7-8/h1-2,4-5,7,9H,3,6,11H2. The minimum atomic E-state index is 0.565.